The summed E-state index contributed by atoms with van der Waals surface area (Å²) in [7, 11) is 0. The molecule has 2 aromatic rings. The van der Waals surface area contributed by atoms with Gasteiger partial charge in [0.05, 0.1) is 18.3 Å². The second kappa shape index (κ2) is 7.57. The summed E-state index contributed by atoms with van der Waals surface area (Å²) >= 11 is 0. The lowest BCUT2D eigenvalue weighted by atomic mass is 9.93. The second-order valence-electron chi connectivity index (χ2n) is 6.43. The van der Waals surface area contributed by atoms with Crippen molar-refractivity contribution in [2.45, 2.75) is 58.2 Å². The van der Waals surface area contributed by atoms with Crippen molar-refractivity contribution in [2.75, 3.05) is 10.6 Å². The molecule has 3 N–H and O–H groups in total. The molecule has 1 saturated carbocycles. The molecule has 6 nitrogen and oxygen atoms in total. The van der Waals surface area contributed by atoms with Gasteiger partial charge in [0.2, 0.25) is 5.95 Å². The Balaban J connectivity index is 1.68. The third-order valence-electron chi connectivity index (χ3n) is 4.58. The van der Waals surface area contributed by atoms with Crippen LogP contribution in [0.5, 0.6) is 0 Å². The Labute approximate surface area is 142 Å². The molecule has 1 aliphatic carbocycles. The van der Waals surface area contributed by atoms with Crippen molar-refractivity contribution in [1.82, 2.24) is 15.0 Å². The lowest BCUT2D eigenvalue weighted by Crippen LogP contribution is -2.29. The smallest absolute Gasteiger partial charge is 0.225 e. The molecule has 1 fully saturated rings. The molecule has 0 aromatic carbocycles. The Kier molecular flexibility index (Phi) is 5.25. The Morgan fingerprint density at radius 2 is 1.92 bits per heavy atom. The minimum Gasteiger partial charge on any atom is -0.393 e. The van der Waals surface area contributed by atoms with Gasteiger partial charge in [-0.3, -0.25) is 4.98 Å². The molecular weight excluding hydrogens is 302 g/mol. The highest BCUT2D eigenvalue weighted by Gasteiger charge is 2.20. The van der Waals surface area contributed by atoms with E-state index in [2.05, 4.69) is 25.6 Å². The van der Waals surface area contributed by atoms with Crippen LogP contribution in [-0.2, 0) is 6.54 Å². The van der Waals surface area contributed by atoms with E-state index in [1.165, 1.54) is 0 Å². The second-order valence-corrected chi connectivity index (χ2v) is 6.43. The molecule has 3 rings (SSSR count). The maximum absolute atomic E-state index is 9.64. The van der Waals surface area contributed by atoms with Gasteiger partial charge in [-0.15, -0.1) is 0 Å². The number of aliphatic hydroxyl groups is 1. The number of nitrogens with one attached hydrogen (secondary N) is 2. The number of aromatic nitrogens is 3. The van der Waals surface area contributed by atoms with E-state index in [1.54, 1.807) is 6.20 Å². The predicted octanol–water partition coefficient (Wildman–Crippen LogP) is 2.82. The first-order valence-electron chi connectivity index (χ1n) is 8.55. The maximum Gasteiger partial charge on any atom is 0.225 e. The number of aryl methyl sites for hydroxylation is 1. The van der Waals surface area contributed by atoms with E-state index >= 15 is 0 Å². The van der Waals surface area contributed by atoms with Crippen molar-refractivity contribution >= 4 is 11.8 Å². The summed E-state index contributed by atoms with van der Waals surface area (Å²) in [5.74, 6) is 1.49. The van der Waals surface area contributed by atoms with Gasteiger partial charge in [0.1, 0.15) is 5.82 Å². The zero-order valence-corrected chi connectivity index (χ0v) is 14.3. The fraction of sp³-hybridized carbons (Fsp3) is 0.500. The summed E-state index contributed by atoms with van der Waals surface area (Å²) in [6, 6.07) is 6.21. The molecule has 0 bridgehead atoms. The van der Waals surface area contributed by atoms with E-state index in [1.807, 2.05) is 32.0 Å². The van der Waals surface area contributed by atoms with Crippen LogP contribution in [-0.4, -0.2) is 32.2 Å². The molecule has 0 aliphatic heterocycles. The predicted molar refractivity (Wildman–Crippen MR) is 95.0 cm³/mol. The number of rotatable bonds is 5. The Bertz CT molecular complexity index is 669. The molecule has 2 heterocycles. The standard InChI is InChI=1S/C18H25N5O/c1-12-13(2)21-18(20-11-15-5-3-4-10-19-15)23-17(12)22-14-6-8-16(24)9-7-14/h3-5,10,14,16,24H,6-9,11H2,1-2H3,(H2,20,21,22,23). The van der Waals surface area contributed by atoms with E-state index in [4.69, 9.17) is 0 Å². The van der Waals surface area contributed by atoms with Gasteiger partial charge in [-0.2, -0.15) is 4.98 Å². The molecule has 1 aliphatic rings. The first-order valence-corrected chi connectivity index (χ1v) is 8.55. The number of hydrogen-bond acceptors (Lipinski definition) is 6. The third kappa shape index (κ3) is 4.20. The highest BCUT2D eigenvalue weighted by atomic mass is 16.3. The van der Waals surface area contributed by atoms with E-state index < -0.39 is 0 Å². The molecule has 0 spiro atoms. The summed E-state index contributed by atoms with van der Waals surface area (Å²) in [5, 5.41) is 16.4. The average molecular weight is 327 g/mol. The van der Waals surface area contributed by atoms with Crippen molar-refractivity contribution < 1.29 is 5.11 Å². The highest BCUT2D eigenvalue weighted by Crippen LogP contribution is 2.24. The lowest BCUT2D eigenvalue weighted by Gasteiger charge is -2.27. The summed E-state index contributed by atoms with van der Waals surface area (Å²) < 4.78 is 0. The fourth-order valence-corrected chi connectivity index (χ4v) is 2.93. The third-order valence-corrected chi connectivity index (χ3v) is 4.58. The van der Waals surface area contributed by atoms with E-state index in [-0.39, 0.29) is 6.10 Å². The molecule has 0 saturated heterocycles. The molecule has 0 radical (unpaired) electrons. The van der Waals surface area contributed by atoms with Crippen LogP contribution < -0.4 is 10.6 Å². The van der Waals surface area contributed by atoms with Gasteiger partial charge in [-0.05, 0) is 51.7 Å². The van der Waals surface area contributed by atoms with Crippen LogP contribution in [0.3, 0.4) is 0 Å². The SMILES string of the molecule is Cc1nc(NCc2ccccn2)nc(NC2CCC(O)CC2)c1C. The molecule has 0 atom stereocenters. The minimum absolute atomic E-state index is 0.146. The first-order chi connectivity index (χ1) is 11.6. The first kappa shape index (κ1) is 16.6. The minimum atomic E-state index is -0.146. The topological polar surface area (TPSA) is 83.0 Å². The van der Waals surface area contributed by atoms with Gasteiger partial charge < -0.3 is 15.7 Å². The van der Waals surface area contributed by atoms with Crippen molar-refractivity contribution in [2.24, 2.45) is 0 Å². The van der Waals surface area contributed by atoms with Gasteiger partial charge in [0, 0.05) is 23.5 Å². The molecule has 0 amide bonds. The molecule has 128 valence electrons. The van der Waals surface area contributed by atoms with Gasteiger partial charge in [0.25, 0.3) is 0 Å². The van der Waals surface area contributed by atoms with Crippen molar-refractivity contribution in [1.29, 1.82) is 0 Å². The monoisotopic (exact) mass is 327 g/mol. The lowest BCUT2D eigenvalue weighted by molar-refractivity contribution is 0.126. The largest absolute Gasteiger partial charge is 0.393 e. The zero-order valence-electron chi connectivity index (χ0n) is 14.3. The van der Waals surface area contributed by atoms with Crippen LogP contribution >= 0.6 is 0 Å². The van der Waals surface area contributed by atoms with Crippen LogP contribution in [0.15, 0.2) is 24.4 Å². The van der Waals surface area contributed by atoms with Crippen LogP contribution in [0.25, 0.3) is 0 Å². The Hall–Kier alpha value is -2.21. The summed E-state index contributed by atoms with van der Waals surface area (Å²) in [5.41, 5.74) is 2.99. The van der Waals surface area contributed by atoms with Crippen LogP contribution in [0.2, 0.25) is 0 Å². The van der Waals surface area contributed by atoms with E-state index in [9.17, 15) is 5.11 Å². The highest BCUT2D eigenvalue weighted by molar-refractivity contribution is 5.50. The maximum atomic E-state index is 9.64. The summed E-state index contributed by atoms with van der Waals surface area (Å²) in [6.07, 6.45) is 5.28. The van der Waals surface area contributed by atoms with Crippen LogP contribution in [0.4, 0.5) is 11.8 Å². The number of nitrogens with zero attached hydrogens (tertiary/aromatic N) is 3. The fourth-order valence-electron chi connectivity index (χ4n) is 2.93. The number of pyridine rings is 1. The van der Waals surface area contributed by atoms with E-state index in [0.717, 1.165) is 48.5 Å². The van der Waals surface area contributed by atoms with Crippen LogP contribution in [0, 0.1) is 13.8 Å². The van der Waals surface area contributed by atoms with Crippen molar-refractivity contribution in [3.63, 3.8) is 0 Å². The van der Waals surface area contributed by atoms with Crippen LogP contribution in [0.1, 0.15) is 42.6 Å². The van der Waals surface area contributed by atoms with Gasteiger partial charge in [-0.25, -0.2) is 4.98 Å². The number of hydrogen-bond donors (Lipinski definition) is 3. The number of anilines is 2. The molecule has 6 heteroatoms. The molecule has 24 heavy (non-hydrogen) atoms. The Morgan fingerprint density at radius 1 is 1.12 bits per heavy atom. The summed E-state index contributed by atoms with van der Waals surface area (Å²) in [4.78, 5) is 13.5. The quantitative estimate of drug-likeness (QED) is 0.783. The van der Waals surface area contributed by atoms with E-state index in [0.29, 0.717) is 18.5 Å². The van der Waals surface area contributed by atoms with Crippen molar-refractivity contribution in [3.05, 3.63) is 41.3 Å². The average Bonchev–Trinajstić information content (AvgIpc) is 2.60. The normalized spacial score (nSPS) is 20.6. The van der Waals surface area contributed by atoms with Gasteiger partial charge in [-0.1, -0.05) is 6.07 Å². The molecule has 0 unspecified atom stereocenters. The van der Waals surface area contributed by atoms with Gasteiger partial charge >= 0.3 is 0 Å². The Morgan fingerprint density at radius 3 is 2.62 bits per heavy atom. The van der Waals surface area contributed by atoms with Crippen molar-refractivity contribution in [3.8, 4) is 0 Å². The molecule has 2 aromatic heterocycles. The summed E-state index contributed by atoms with van der Waals surface area (Å²) in [6.45, 7) is 4.63. The molecular formula is C18H25N5O. The number of aliphatic hydroxyl groups excluding tert-OH is 1. The zero-order chi connectivity index (χ0) is 16.9. The van der Waals surface area contributed by atoms with Gasteiger partial charge in [0.15, 0.2) is 0 Å².